The Morgan fingerprint density at radius 1 is 1.38 bits per heavy atom. The molecule has 0 amide bonds. The van der Waals surface area contributed by atoms with Crippen molar-refractivity contribution in [3.63, 3.8) is 0 Å². The number of nitrogens with zero attached hydrogens (tertiary/aromatic N) is 1. The molecule has 0 aliphatic heterocycles. The SMILES string of the molecule is CCCN(C)S(=O)(=O)c1cc(N)ccc1C. The number of benzene rings is 1. The number of nitrogen functional groups attached to an aromatic ring is 1. The van der Waals surface area contributed by atoms with Gasteiger partial charge in [-0.15, -0.1) is 0 Å². The van der Waals surface area contributed by atoms with Crippen molar-refractivity contribution < 1.29 is 8.42 Å². The van der Waals surface area contributed by atoms with Crippen molar-refractivity contribution in [2.24, 2.45) is 0 Å². The Bertz CT molecular complexity index is 469. The Hall–Kier alpha value is -1.07. The van der Waals surface area contributed by atoms with Gasteiger partial charge in [0.05, 0.1) is 4.90 Å². The van der Waals surface area contributed by atoms with E-state index < -0.39 is 10.0 Å². The number of rotatable bonds is 4. The number of hydrogen-bond acceptors (Lipinski definition) is 3. The Balaban J connectivity index is 3.21. The summed E-state index contributed by atoms with van der Waals surface area (Å²) in [6.45, 7) is 4.22. The Labute approximate surface area is 97.1 Å². The van der Waals surface area contributed by atoms with Crippen molar-refractivity contribution in [2.75, 3.05) is 19.3 Å². The first-order chi connectivity index (χ1) is 7.39. The summed E-state index contributed by atoms with van der Waals surface area (Å²) < 4.78 is 25.7. The van der Waals surface area contributed by atoms with E-state index in [2.05, 4.69) is 0 Å². The Morgan fingerprint density at radius 3 is 2.56 bits per heavy atom. The number of hydrogen-bond donors (Lipinski definition) is 1. The van der Waals surface area contributed by atoms with Gasteiger partial charge in [-0.3, -0.25) is 0 Å². The zero-order valence-electron chi connectivity index (χ0n) is 9.90. The van der Waals surface area contributed by atoms with Crippen LogP contribution in [0.3, 0.4) is 0 Å². The molecule has 4 nitrogen and oxygen atoms in total. The zero-order chi connectivity index (χ0) is 12.3. The molecular weight excluding hydrogens is 224 g/mol. The number of aryl methyl sites for hydroxylation is 1. The van der Waals surface area contributed by atoms with Crippen molar-refractivity contribution >= 4 is 15.7 Å². The molecule has 1 rings (SSSR count). The van der Waals surface area contributed by atoms with E-state index in [0.29, 0.717) is 17.1 Å². The highest BCUT2D eigenvalue weighted by Gasteiger charge is 2.21. The lowest BCUT2D eigenvalue weighted by molar-refractivity contribution is 0.468. The first-order valence-corrected chi connectivity index (χ1v) is 6.66. The van der Waals surface area contributed by atoms with Crippen LogP contribution in [0.1, 0.15) is 18.9 Å². The highest BCUT2D eigenvalue weighted by Crippen LogP contribution is 2.21. The van der Waals surface area contributed by atoms with Crippen molar-refractivity contribution in [2.45, 2.75) is 25.2 Å². The topological polar surface area (TPSA) is 63.4 Å². The van der Waals surface area contributed by atoms with E-state index >= 15 is 0 Å². The molecule has 0 atom stereocenters. The molecule has 1 aromatic carbocycles. The standard InChI is InChI=1S/C11H18N2O2S/c1-4-7-13(3)16(14,15)11-8-10(12)6-5-9(11)2/h5-6,8H,4,7,12H2,1-3H3. The molecule has 0 saturated heterocycles. The van der Waals surface area contributed by atoms with Gasteiger partial charge < -0.3 is 5.73 Å². The van der Waals surface area contributed by atoms with Gasteiger partial charge in [0.1, 0.15) is 0 Å². The lowest BCUT2D eigenvalue weighted by Gasteiger charge is -2.17. The zero-order valence-corrected chi connectivity index (χ0v) is 10.7. The normalized spacial score (nSPS) is 12.0. The smallest absolute Gasteiger partial charge is 0.243 e. The molecule has 0 fully saturated rings. The molecule has 0 unspecified atom stereocenters. The van der Waals surface area contributed by atoms with Crippen molar-refractivity contribution in [3.05, 3.63) is 23.8 Å². The molecule has 0 radical (unpaired) electrons. The summed E-state index contributed by atoms with van der Waals surface area (Å²) in [7, 11) is -1.82. The van der Waals surface area contributed by atoms with Crippen molar-refractivity contribution in [1.82, 2.24) is 4.31 Å². The Morgan fingerprint density at radius 2 is 2.00 bits per heavy atom. The van der Waals surface area contributed by atoms with Gasteiger partial charge in [-0.05, 0) is 31.0 Å². The fourth-order valence-electron chi connectivity index (χ4n) is 1.50. The first-order valence-electron chi connectivity index (χ1n) is 5.22. The van der Waals surface area contributed by atoms with Crippen LogP contribution in [0, 0.1) is 6.92 Å². The Kier molecular flexibility index (Phi) is 3.93. The highest BCUT2D eigenvalue weighted by molar-refractivity contribution is 7.89. The summed E-state index contributed by atoms with van der Waals surface area (Å²) in [5.74, 6) is 0. The fraction of sp³-hybridized carbons (Fsp3) is 0.455. The monoisotopic (exact) mass is 242 g/mol. The van der Waals surface area contributed by atoms with Gasteiger partial charge in [-0.2, -0.15) is 0 Å². The molecule has 0 saturated carbocycles. The summed E-state index contributed by atoms with van der Waals surface area (Å²) in [5.41, 5.74) is 6.80. The van der Waals surface area contributed by atoms with Crippen LogP contribution in [-0.2, 0) is 10.0 Å². The molecule has 90 valence electrons. The van der Waals surface area contributed by atoms with E-state index in [1.54, 1.807) is 26.1 Å². The minimum atomic E-state index is -3.40. The number of sulfonamides is 1. The maximum Gasteiger partial charge on any atom is 0.243 e. The minimum absolute atomic E-state index is 0.295. The van der Waals surface area contributed by atoms with E-state index in [1.807, 2.05) is 6.92 Å². The number of nitrogens with two attached hydrogens (primary N) is 1. The predicted octanol–water partition coefficient (Wildman–Crippen LogP) is 1.61. The molecule has 0 bridgehead atoms. The van der Waals surface area contributed by atoms with Crippen LogP contribution in [0.25, 0.3) is 0 Å². The lowest BCUT2D eigenvalue weighted by Crippen LogP contribution is -2.28. The van der Waals surface area contributed by atoms with Crippen LogP contribution in [0.4, 0.5) is 5.69 Å². The molecule has 0 aliphatic carbocycles. The van der Waals surface area contributed by atoms with Gasteiger partial charge in [0.15, 0.2) is 0 Å². The summed E-state index contributed by atoms with van der Waals surface area (Å²) in [4.78, 5) is 0.295. The van der Waals surface area contributed by atoms with E-state index in [4.69, 9.17) is 5.73 Å². The molecule has 16 heavy (non-hydrogen) atoms. The van der Waals surface area contributed by atoms with Crippen LogP contribution in [0.15, 0.2) is 23.1 Å². The van der Waals surface area contributed by atoms with Gasteiger partial charge in [0.2, 0.25) is 10.0 Å². The summed E-state index contributed by atoms with van der Waals surface area (Å²) in [6.07, 6.45) is 0.789. The van der Waals surface area contributed by atoms with Crippen LogP contribution < -0.4 is 5.73 Å². The molecular formula is C11H18N2O2S. The van der Waals surface area contributed by atoms with E-state index in [0.717, 1.165) is 12.0 Å². The largest absolute Gasteiger partial charge is 0.399 e. The third-order valence-corrected chi connectivity index (χ3v) is 4.44. The quantitative estimate of drug-likeness (QED) is 0.816. The molecule has 1 aromatic rings. The predicted molar refractivity (Wildman–Crippen MR) is 65.7 cm³/mol. The lowest BCUT2D eigenvalue weighted by atomic mass is 10.2. The third kappa shape index (κ3) is 2.54. The molecule has 5 heteroatoms. The van der Waals surface area contributed by atoms with Gasteiger partial charge in [0, 0.05) is 19.3 Å². The minimum Gasteiger partial charge on any atom is -0.399 e. The second-order valence-corrected chi connectivity index (χ2v) is 5.86. The third-order valence-electron chi connectivity index (χ3n) is 2.44. The fourth-order valence-corrected chi connectivity index (χ4v) is 3.02. The van der Waals surface area contributed by atoms with Crippen LogP contribution in [-0.4, -0.2) is 26.3 Å². The number of anilines is 1. The molecule has 0 heterocycles. The summed E-state index contributed by atoms with van der Waals surface area (Å²) in [5, 5.41) is 0. The molecule has 0 spiro atoms. The van der Waals surface area contributed by atoms with Gasteiger partial charge in [0.25, 0.3) is 0 Å². The average Bonchev–Trinajstić information content (AvgIpc) is 2.22. The van der Waals surface area contributed by atoms with Crippen LogP contribution in [0.5, 0.6) is 0 Å². The average molecular weight is 242 g/mol. The van der Waals surface area contributed by atoms with Gasteiger partial charge in [-0.1, -0.05) is 13.0 Å². The van der Waals surface area contributed by atoms with Gasteiger partial charge >= 0.3 is 0 Å². The van der Waals surface area contributed by atoms with Crippen molar-refractivity contribution in [3.8, 4) is 0 Å². The van der Waals surface area contributed by atoms with E-state index in [9.17, 15) is 8.42 Å². The maximum absolute atomic E-state index is 12.2. The van der Waals surface area contributed by atoms with Crippen LogP contribution >= 0.6 is 0 Å². The maximum atomic E-state index is 12.2. The second-order valence-electron chi connectivity index (χ2n) is 3.85. The van der Waals surface area contributed by atoms with E-state index in [1.165, 1.54) is 10.4 Å². The second kappa shape index (κ2) is 4.84. The summed E-state index contributed by atoms with van der Waals surface area (Å²) in [6, 6.07) is 4.94. The molecule has 0 aliphatic rings. The molecule has 0 aromatic heterocycles. The van der Waals surface area contributed by atoms with E-state index in [-0.39, 0.29) is 0 Å². The molecule has 2 N–H and O–H groups in total. The first kappa shape index (κ1) is 13.0. The summed E-state index contributed by atoms with van der Waals surface area (Å²) >= 11 is 0. The van der Waals surface area contributed by atoms with Gasteiger partial charge in [-0.25, -0.2) is 12.7 Å². The van der Waals surface area contributed by atoms with Crippen molar-refractivity contribution in [1.29, 1.82) is 0 Å². The van der Waals surface area contributed by atoms with Crippen LogP contribution in [0.2, 0.25) is 0 Å². The highest BCUT2D eigenvalue weighted by atomic mass is 32.2.